The molecule has 1 rings (SSSR count). The maximum Gasteiger partial charge on any atom is 0.312 e. The monoisotopic (exact) mass is 243 g/mol. The molecule has 0 aromatic rings. The van der Waals surface area contributed by atoms with E-state index in [1.165, 1.54) is 12.0 Å². The molecule has 1 unspecified atom stereocenters. The van der Waals surface area contributed by atoms with E-state index in [0.29, 0.717) is 6.54 Å². The number of methoxy groups -OCH3 is 1. The Morgan fingerprint density at radius 3 is 2.65 bits per heavy atom. The van der Waals surface area contributed by atoms with Crippen LogP contribution in [0.5, 0.6) is 0 Å². The predicted octanol–water partition coefficient (Wildman–Crippen LogP) is 0.405. The fourth-order valence-corrected chi connectivity index (χ4v) is 2.05. The number of carboxylic acid groups (broad SMARTS) is 1. The molecule has 1 N–H and O–H groups in total. The number of piperidine rings is 1. The fourth-order valence-electron chi connectivity index (χ4n) is 2.05. The second-order valence-electron chi connectivity index (χ2n) is 4.09. The highest BCUT2D eigenvalue weighted by Gasteiger charge is 2.29. The number of carbonyl (C=O) groups excluding carboxylic acids is 2. The van der Waals surface area contributed by atoms with E-state index in [1.807, 2.05) is 0 Å². The molecule has 1 saturated heterocycles. The average molecular weight is 243 g/mol. The van der Waals surface area contributed by atoms with Gasteiger partial charge in [-0.15, -0.1) is 0 Å². The van der Waals surface area contributed by atoms with Crippen LogP contribution >= 0.6 is 0 Å². The Morgan fingerprint density at radius 2 is 2.06 bits per heavy atom. The standard InChI is InChI=1S/C11H17NO5/c1-17-11(16)6-8-4-2-3-5-12(8)9(13)7-10(14)15/h8H,2-7H2,1H3,(H,14,15). The van der Waals surface area contributed by atoms with Gasteiger partial charge < -0.3 is 14.7 Å². The fraction of sp³-hybridized carbons (Fsp3) is 0.727. The zero-order valence-corrected chi connectivity index (χ0v) is 9.85. The van der Waals surface area contributed by atoms with E-state index in [0.717, 1.165) is 19.3 Å². The van der Waals surface area contributed by atoms with E-state index in [-0.39, 0.29) is 18.4 Å². The number of ether oxygens (including phenoxy) is 1. The summed E-state index contributed by atoms with van der Waals surface area (Å²) in [6.07, 6.45) is 2.14. The Balaban J connectivity index is 2.61. The van der Waals surface area contributed by atoms with Crippen molar-refractivity contribution in [1.29, 1.82) is 0 Å². The summed E-state index contributed by atoms with van der Waals surface area (Å²) in [5.74, 6) is -1.94. The minimum absolute atomic E-state index is 0.141. The Kier molecular flexibility index (Phi) is 4.93. The third-order valence-electron chi connectivity index (χ3n) is 2.88. The van der Waals surface area contributed by atoms with Crippen LogP contribution in [0.2, 0.25) is 0 Å². The minimum atomic E-state index is -1.14. The summed E-state index contributed by atoms with van der Waals surface area (Å²) in [6.45, 7) is 0.522. The third kappa shape index (κ3) is 4.05. The van der Waals surface area contributed by atoms with Crippen molar-refractivity contribution in [3.8, 4) is 0 Å². The van der Waals surface area contributed by atoms with Crippen molar-refractivity contribution < 1.29 is 24.2 Å². The second-order valence-corrected chi connectivity index (χ2v) is 4.09. The van der Waals surface area contributed by atoms with E-state index in [2.05, 4.69) is 4.74 Å². The van der Waals surface area contributed by atoms with E-state index in [9.17, 15) is 14.4 Å². The van der Waals surface area contributed by atoms with Gasteiger partial charge in [0.2, 0.25) is 5.91 Å². The Morgan fingerprint density at radius 1 is 1.35 bits per heavy atom. The summed E-state index contributed by atoms with van der Waals surface area (Å²) >= 11 is 0. The third-order valence-corrected chi connectivity index (χ3v) is 2.88. The summed E-state index contributed by atoms with van der Waals surface area (Å²) in [5, 5.41) is 8.59. The van der Waals surface area contributed by atoms with Gasteiger partial charge in [-0.2, -0.15) is 0 Å². The molecule has 1 aliphatic rings. The topological polar surface area (TPSA) is 83.9 Å². The van der Waals surface area contributed by atoms with Gasteiger partial charge in [0.15, 0.2) is 0 Å². The van der Waals surface area contributed by atoms with Crippen LogP contribution in [-0.2, 0) is 19.1 Å². The second kappa shape index (κ2) is 6.22. The van der Waals surface area contributed by atoms with Crippen LogP contribution in [0, 0.1) is 0 Å². The molecule has 1 aliphatic heterocycles. The Hall–Kier alpha value is -1.59. The zero-order valence-electron chi connectivity index (χ0n) is 9.85. The van der Waals surface area contributed by atoms with Gasteiger partial charge in [0.1, 0.15) is 6.42 Å². The number of hydrogen-bond acceptors (Lipinski definition) is 4. The van der Waals surface area contributed by atoms with Gasteiger partial charge in [0, 0.05) is 12.6 Å². The van der Waals surface area contributed by atoms with Gasteiger partial charge in [0.05, 0.1) is 13.5 Å². The molecule has 0 aromatic heterocycles. The molecule has 0 aliphatic carbocycles. The van der Waals surface area contributed by atoms with Crippen LogP contribution in [0.1, 0.15) is 32.1 Å². The number of carboxylic acids is 1. The SMILES string of the molecule is COC(=O)CC1CCCCN1C(=O)CC(=O)O. The Labute approximate surface area is 99.5 Å². The highest BCUT2D eigenvalue weighted by Crippen LogP contribution is 2.20. The van der Waals surface area contributed by atoms with Crippen molar-refractivity contribution in [3.05, 3.63) is 0 Å². The largest absolute Gasteiger partial charge is 0.481 e. The van der Waals surface area contributed by atoms with Crippen LogP contribution in [0.3, 0.4) is 0 Å². The predicted molar refractivity (Wildman–Crippen MR) is 58.2 cm³/mol. The number of rotatable bonds is 4. The van der Waals surface area contributed by atoms with Crippen LogP contribution < -0.4 is 0 Å². The van der Waals surface area contributed by atoms with Crippen molar-refractivity contribution in [2.75, 3.05) is 13.7 Å². The Bertz CT molecular complexity index is 315. The molecule has 96 valence electrons. The van der Waals surface area contributed by atoms with Crippen LogP contribution in [-0.4, -0.2) is 47.5 Å². The van der Waals surface area contributed by atoms with E-state index < -0.39 is 18.3 Å². The first-order valence-corrected chi connectivity index (χ1v) is 5.62. The van der Waals surface area contributed by atoms with E-state index >= 15 is 0 Å². The molecule has 0 bridgehead atoms. The summed E-state index contributed by atoms with van der Waals surface area (Å²) in [7, 11) is 1.30. The van der Waals surface area contributed by atoms with Crippen molar-refractivity contribution >= 4 is 17.8 Å². The molecule has 0 aromatic carbocycles. The molecular weight excluding hydrogens is 226 g/mol. The summed E-state index contributed by atoms with van der Waals surface area (Å²) < 4.78 is 4.57. The molecule has 0 radical (unpaired) electrons. The number of esters is 1. The smallest absolute Gasteiger partial charge is 0.312 e. The number of carbonyl (C=O) groups is 3. The van der Waals surface area contributed by atoms with Crippen molar-refractivity contribution in [2.45, 2.75) is 38.1 Å². The molecular formula is C11H17NO5. The van der Waals surface area contributed by atoms with Gasteiger partial charge in [-0.1, -0.05) is 0 Å². The summed E-state index contributed by atoms with van der Waals surface area (Å²) in [4.78, 5) is 34.9. The number of nitrogens with zero attached hydrogens (tertiary/aromatic N) is 1. The van der Waals surface area contributed by atoms with Gasteiger partial charge in [-0.3, -0.25) is 14.4 Å². The average Bonchev–Trinajstić information content (AvgIpc) is 2.28. The molecule has 1 atom stereocenters. The molecule has 0 saturated carbocycles. The lowest BCUT2D eigenvalue weighted by atomic mass is 9.99. The van der Waals surface area contributed by atoms with Crippen molar-refractivity contribution in [1.82, 2.24) is 4.90 Å². The molecule has 6 nitrogen and oxygen atoms in total. The van der Waals surface area contributed by atoms with Gasteiger partial charge in [0.25, 0.3) is 0 Å². The number of hydrogen-bond donors (Lipinski definition) is 1. The summed E-state index contributed by atoms with van der Waals surface area (Å²) in [5.41, 5.74) is 0. The lowest BCUT2D eigenvalue weighted by molar-refractivity contribution is -0.147. The lowest BCUT2D eigenvalue weighted by Crippen LogP contribution is -2.45. The summed E-state index contributed by atoms with van der Waals surface area (Å²) in [6, 6.07) is -0.219. The van der Waals surface area contributed by atoms with Gasteiger partial charge in [-0.25, -0.2) is 0 Å². The van der Waals surface area contributed by atoms with Crippen LogP contribution in [0.4, 0.5) is 0 Å². The van der Waals surface area contributed by atoms with Crippen LogP contribution in [0.25, 0.3) is 0 Å². The number of likely N-dealkylation sites (tertiary alicyclic amines) is 1. The highest BCUT2D eigenvalue weighted by atomic mass is 16.5. The number of amides is 1. The number of aliphatic carboxylic acids is 1. The molecule has 6 heteroatoms. The van der Waals surface area contributed by atoms with E-state index in [4.69, 9.17) is 5.11 Å². The van der Waals surface area contributed by atoms with Crippen molar-refractivity contribution in [2.24, 2.45) is 0 Å². The quantitative estimate of drug-likeness (QED) is 0.571. The van der Waals surface area contributed by atoms with Crippen molar-refractivity contribution in [3.63, 3.8) is 0 Å². The highest BCUT2D eigenvalue weighted by molar-refractivity contribution is 5.93. The molecule has 1 fully saturated rings. The molecule has 0 spiro atoms. The zero-order chi connectivity index (χ0) is 12.8. The molecule has 1 heterocycles. The first kappa shape index (κ1) is 13.5. The molecule has 17 heavy (non-hydrogen) atoms. The van der Waals surface area contributed by atoms with Gasteiger partial charge >= 0.3 is 11.9 Å². The molecule has 1 amide bonds. The normalized spacial score (nSPS) is 19.8. The maximum atomic E-state index is 11.7. The lowest BCUT2D eigenvalue weighted by Gasteiger charge is -2.34. The first-order valence-electron chi connectivity index (χ1n) is 5.62. The maximum absolute atomic E-state index is 11.7. The first-order chi connectivity index (χ1) is 8.04. The minimum Gasteiger partial charge on any atom is -0.481 e. The van der Waals surface area contributed by atoms with Gasteiger partial charge in [-0.05, 0) is 19.3 Å². The van der Waals surface area contributed by atoms with Crippen LogP contribution in [0.15, 0.2) is 0 Å². The van der Waals surface area contributed by atoms with E-state index in [1.54, 1.807) is 0 Å².